The minimum Gasteiger partial charge on any atom is -0.384 e. The Morgan fingerprint density at radius 1 is 1.25 bits per heavy atom. The predicted molar refractivity (Wildman–Crippen MR) is 88.0 cm³/mol. The molecule has 1 aromatic rings. The molecule has 1 atom stereocenters. The molecule has 1 aromatic heterocycles. The van der Waals surface area contributed by atoms with Gasteiger partial charge in [0.05, 0.1) is 19.8 Å². The maximum absolute atomic E-state index is 13.0. The van der Waals surface area contributed by atoms with Crippen LogP contribution in [0.4, 0.5) is 0 Å². The Morgan fingerprint density at radius 3 is 2.92 bits per heavy atom. The van der Waals surface area contributed by atoms with Gasteiger partial charge in [0.1, 0.15) is 5.60 Å². The first kappa shape index (κ1) is 16.1. The first-order chi connectivity index (χ1) is 11.6. The molecule has 4 rings (SSSR count). The smallest absolute Gasteiger partial charge is 0.274 e. The molecule has 2 fully saturated rings. The van der Waals surface area contributed by atoms with Crippen molar-refractivity contribution in [2.45, 2.75) is 37.7 Å². The highest BCUT2D eigenvalue weighted by molar-refractivity contribution is 5.94. The number of H-pyrrole nitrogens is 1. The molecule has 2 saturated heterocycles. The number of rotatable bonds is 3. The fourth-order valence-corrected chi connectivity index (χ4v) is 4.19. The molecule has 0 unspecified atom stereocenters. The van der Waals surface area contributed by atoms with Crippen molar-refractivity contribution in [3.63, 3.8) is 0 Å². The van der Waals surface area contributed by atoms with E-state index in [4.69, 9.17) is 4.74 Å². The Hall–Kier alpha value is -1.44. The van der Waals surface area contributed by atoms with Crippen LogP contribution in [0.1, 0.15) is 41.0 Å². The van der Waals surface area contributed by atoms with E-state index < -0.39 is 5.60 Å². The molecule has 3 aliphatic rings. The standard InChI is InChI=1S/C17H26N4O3/c22-16(15-13-4-3-5-14(13)18-19-15)21-8-9-24-12-17(23,11-21)10-20-6-1-2-7-20/h23H,1-12H2,(H,18,19)/t17-/m0/s1. The van der Waals surface area contributed by atoms with Crippen LogP contribution in [0.15, 0.2) is 0 Å². The molecule has 7 heteroatoms. The summed E-state index contributed by atoms with van der Waals surface area (Å²) < 4.78 is 5.61. The molecule has 7 nitrogen and oxygen atoms in total. The third kappa shape index (κ3) is 3.08. The van der Waals surface area contributed by atoms with E-state index in [1.807, 2.05) is 0 Å². The molecule has 2 aliphatic heterocycles. The summed E-state index contributed by atoms with van der Waals surface area (Å²) in [5.74, 6) is -0.0836. The molecule has 0 bridgehead atoms. The second kappa shape index (κ2) is 6.46. The van der Waals surface area contributed by atoms with Crippen LogP contribution in [0.3, 0.4) is 0 Å². The van der Waals surface area contributed by atoms with Crippen LogP contribution in [-0.4, -0.2) is 82.5 Å². The van der Waals surface area contributed by atoms with Gasteiger partial charge in [-0.2, -0.15) is 5.10 Å². The monoisotopic (exact) mass is 334 g/mol. The van der Waals surface area contributed by atoms with Crippen molar-refractivity contribution < 1.29 is 14.6 Å². The van der Waals surface area contributed by atoms with Gasteiger partial charge in [0.15, 0.2) is 5.69 Å². The van der Waals surface area contributed by atoms with Gasteiger partial charge in [0.2, 0.25) is 0 Å². The van der Waals surface area contributed by atoms with E-state index in [1.54, 1.807) is 4.90 Å². The quantitative estimate of drug-likeness (QED) is 0.825. The van der Waals surface area contributed by atoms with Gasteiger partial charge in [-0.25, -0.2) is 0 Å². The van der Waals surface area contributed by atoms with E-state index in [0.29, 0.717) is 31.9 Å². The van der Waals surface area contributed by atoms with E-state index in [0.717, 1.165) is 43.6 Å². The highest BCUT2D eigenvalue weighted by Crippen LogP contribution is 2.25. The molecule has 0 aromatic carbocycles. The van der Waals surface area contributed by atoms with Gasteiger partial charge in [-0.3, -0.25) is 9.89 Å². The second-order valence-corrected chi connectivity index (χ2v) is 7.37. The number of aliphatic hydroxyl groups is 1. The number of likely N-dealkylation sites (tertiary alicyclic amines) is 1. The Balaban J connectivity index is 1.50. The highest BCUT2D eigenvalue weighted by Gasteiger charge is 2.38. The minimum atomic E-state index is -1.00. The number of fused-ring (bicyclic) bond motifs is 1. The summed E-state index contributed by atoms with van der Waals surface area (Å²) in [7, 11) is 0. The third-order valence-electron chi connectivity index (χ3n) is 5.37. The van der Waals surface area contributed by atoms with Gasteiger partial charge in [-0.15, -0.1) is 0 Å². The molecule has 1 amide bonds. The van der Waals surface area contributed by atoms with Crippen molar-refractivity contribution in [3.05, 3.63) is 17.0 Å². The van der Waals surface area contributed by atoms with Crippen LogP contribution in [0.25, 0.3) is 0 Å². The lowest BCUT2D eigenvalue weighted by Crippen LogP contribution is -2.53. The van der Waals surface area contributed by atoms with E-state index in [2.05, 4.69) is 15.1 Å². The molecule has 132 valence electrons. The molecular weight excluding hydrogens is 308 g/mol. The van der Waals surface area contributed by atoms with E-state index >= 15 is 0 Å². The number of hydrogen-bond acceptors (Lipinski definition) is 5. The van der Waals surface area contributed by atoms with Crippen molar-refractivity contribution in [3.8, 4) is 0 Å². The summed E-state index contributed by atoms with van der Waals surface area (Å²) in [6.07, 6.45) is 5.32. The molecule has 0 radical (unpaired) electrons. The Morgan fingerprint density at radius 2 is 2.08 bits per heavy atom. The number of ether oxygens (including phenoxy) is 1. The predicted octanol–water partition coefficient (Wildman–Crippen LogP) is 0.198. The van der Waals surface area contributed by atoms with Crippen LogP contribution in [0, 0.1) is 0 Å². The Kier molecular flexibility index (Phi) is 4.32. The van der Waals surface area contributed by atoms with Crippen molar-refractivity contribution in [2.24, 2.45) is 0 Å². The molecular formula is C17H26N4O3. The summed E-state index contributed by atoms with van der Waals surface area (Å²) in [6.45, 7) is 4.15. The van der Waals surface area contributed by atoms with Crippen molar-refractivity contribution in [1.29, 1.82) is 0 Å². The zero-order chi connectivity index (χ0) is 16.6. The largest absolute Gasteiger partial charge is 0.384 e. The zero-order valence-electron chi connectivity index (χ0n) is 14.1. The maximum atomic E-state index is 13.0. The Bertz CT molecular complexity index is 611. The molecule has 24 heavy (non-hydrogen) atoms. The molecule has 2 N–H and O–H groups in total. The number of nitrogens with zero attached hydrogens (tertiary/aromatic N) is 3. The van der Waals surface area contributed by atoms with E-state index in [9.17, 15) is 9.90 Å². The highest BCUT2D eigenvalue weighted by atomic mass is 16.5. The summed E-state index contributed by atoms with van der Waals surface area (Å²) in [5, 5.41) is 18.3. The van der Waals surface area contributed by atoms with Crippen LogP contribution in [0.5, 0.6) is 0 Å². The summed E-state index contributed by atoms with van der Waals surface area (Å²) >= 11 is 0. The van der Waals surface area contributed by atoms with Gasteiger partial charge in [-0.05, 0) is 45.2 Å². The number of carbonyl (C=O) groups excluding carboxylic acids is 1. The lowest BCUT2D eigenvalue weighted by Gasteiger charge is -2.33. The number of nitrogens with one attached hydrogen (secondary N) is 1. The van der Waals surface area contributed by atoms with Gasteiger partial charge in [0, 0.05) is 24.3 Å². The van der Waals surface area contributed by atoms with Crippen LogP contribution in [-0.2, 0) is 17.6 Å². The fraction of sp³-hybridized carbons (Fsp3) is 0.765. The number of hydrogen-bond donors (Lipinski definition) is 2. The first-order valence-electron chi connectivity index (χ1n) is 9.02. The van der Waals surface area contributed by atoms with E-state index in [1.165, 1.54) is 12.8 Å². The molecule has 0 spiro atoms. The number of amides is 1. The Labute approximate surface area is 142 Å². The first-order valence-corrected chi connectivity index (χ1v) is 9.02. The molecule has 3 heterocycles. The van der Waals surface area contributed by atoms with Crippen molar-refractivity contribution >= 4 is 5.91 Å². The van der Waals surface area contributed by atoms with Crippen LogP contribution < -0.4 is 0 Å². The van der Waals surface area contributed by atoms with E-state index in [-0.39, 0.29) is 12.5 Å². The number of aromatic amines is 1. The average molecular weight is 334 g/mol. The summed E-state index contributed by atoms with van der Waals surface area (Å²) in [6, 6.07) is 0. The lowest BCUT2D eigenvalue weighted by molar-refractivity contribution is -0.0524. The topological polar surface area (TPSA) is 81.7 Å². The maximum Gasteiger partial charge on any atom is 0.274 e. The van der Waals surface area contributed by atoms with Gasteiger partial charge >= 0.3 is 0 Å². The molecule has 1 aliphatic carbocycles. The van der Waals surface area contributed by atoms with Gasteiger partial charge in [0.25, 0.3) is 5.91 Å². The zero-order valence-corrected chi connectivity index (χ0v) is 14.1. The summed E-state index contributed by atoms with van der Waals surface area (Å²) in [5.41, 5.74) is 1.69. The van der Waals surface area contributed by atoms with Crippen LogP contribution >= 0.6 is 0 Å². The lowest BCUT2D eigenvalue weighted by atomic mass is 10.0. The third-order valence-corrected chi connectivity index (χ3v) is 5.37. The minimum absolute atomic E-state index is 0.0836. The van der Waals surface area contributed by atoms with Crippen molar-refractivity contribution in [1.82, 2.24) is 20.0 Å². The summed E-state index contributed by atoms with van der Waals surface area (Å²) in [4.78, 5) is 16.9. The normalized spacial score (nSPS) is 28.1. The average Bonchev–Trinajstić information content (AvgIpc) is 3.25. The number of aromatic nitrogens is 2. The number of carbonyl (C=O) groups is 1. The fourth-order valence-electron chi connectivity index (χ4n) is 4.19. The SMILES string of the molecule is O=C(c1n[nH]c2c1CCC2)N1CCOC[C@](O)(CN2CCCC2)C1. The van der Waals surface area contributed by atoms with Crippen LogP contribution in [0.2, 0.25) is 0 Å². The second-order valence-electron chi connectivity index (χ2n) is 7.37. The van der Waals surface area contributed by atoms with Crippen molar-refractivity contribution in [2.75, 3.05) is 45.9 Å². The van der Waals surface area contributed by atoms with Gasteiger partial charge < -0.3 is 19.6 Å². The number of aryl methyl sites for hydroxylation is 1. The number of β-amino-alcohol motifs (C(OH)–C–C–N with tert-alkyl or cyclic N) is 1. The van der Waals surface area contributed by atoms with Gasteiger partial charge in [-0.1, -0.05) is 0 Å². The molecule has 0 saturated carbocycles.